The van der Waals surface area contributed by atoms with Gasteiger partial charge in [-0.1, -0.05) is 26.0 Å². The Morgan fingerprint density at radius 1 is 1.02 bits per heavy atom. The van der Waals surface area contributed by atoms with E-state index in [1.807, 2.05) is 64.1 Å². The van der Waals surface area contributed by atoms with Crippen molar-refractivity contribution in [1.29, 1.82) is 0 Å². The van der Waals surface area contributed by atoms with E-state index in [4.69, 9.17) is 14.5 Å². The molecule has 16 nitrogen and oxygen atoms in total. The number of nitrogens with one attached hydrogen (secondary N) is 3. The summed E-state index contributed by atoms with van der Waals surface area (Å²) in [7, 11) is -4.03. The van der Waals surface area contributed by atoms with Gasteiger partial charge in [0.2, 0.25) is 21.8 Å². The van der Waals surface area contributed by atoms with Gasteiger partial charge in [0.05, 0.1) is 23.1 Å². The SMILES string of the molecule is CC(C)Oc1ccc(-c2cc(O[C@@H]3C[C@H]4C(=O)NC5(C(=O)NS(=O)(=O)C6(C)CC6)C[C@H]5/C=C\CC[C@@H](C)C[C@@H](C)[C@H](NC(=O)O)C(=O)N4C3)cc(-c3ncccn3)n2)cc1. The highest BCUT2D eigenvalue weighted by atomic mass is 32.2. The van der Waals surface area contributed by atoms with Crippen molar-refractivity contribution in [3.8, 4) is 34.3 Å². The Morgan fingerprint density at radius 3 is 2.38 bits per heavy atom. The zero-order valence-corrected chi connectivity index (χ0v) is 35.3. The molecule has 0 bridgehead atoms. The van der Waals surface area contributed by atoms with Crippen LogP contribution in [0.5, 0.6) is 11.5 Å². The quantitative estimate of drug-likeness (QED) is 0.201. The van der Waals surface area contributed by atoms with Gasteiger partial charge in [-0.05, 0) is 101 Å². The molecule has 2 aromatic heterocycles. The van der Waals surface area contributed by atoms with Crippen LogP contribution in [0.25, 0.3) is 22.8 Å². The van der Waals surface area contributed by atoms with Crippen molar-refractivity contribution < 1.29 is 42.2 Å². The van der Waals surface area contributed by atoms with E-state index in [0.29, 0.717) is 54.4 Å². The average molecular weight is 844 g/mol. The van der Waals surface area contributed by atoms with Gasteiger partial charge in [0, 0.05) is 42.4 Å². The van der Waals surface area contributed by atoms with Crippen LogP contribution in [0, 0.1) is 17.8 Å². The number of pyridine rings is 1. The number of fused-ring (bicyclic) bond motifs is 2. The van der Waals surface area contributed by atoms with Gasteiger partial charge in [0.1, 0.15) is 40.9 Å². The first-order valence-corrected chi connectivity index (χ1v) is 22.0. The maximum Gasteiger partial charge on any atom is 0.405 e. The third-order valence-electron chi connectivity index (χ3n) is 11.9. The van der Waals surface area contributed by atoms with Gasteiger partial charge < -0.3 is 30.1 Å². The van der Waals surface area contributed by atoms with Crippen LogP contribution in [0.4, 0.5) is 4.79 Å². The number of aromatic nitrogens is 3. The van der Waals surface area contributed by atoms with Crippen LogP contribution in [0.3, 0.4) is 0 Å². The smallest absolute Gasteiger partial charge is 0.405 e. The first kappa shape index (κ1) is 42.5. The minimum atomic E-state index is -4.03. The molecule has 4 amide bonds. The molecule has 2 aliphatic heterocycles. The Bertz CT molecular complexity index is 2250. The van der Waals surface area contributed by atoms with Gasteiger partial charge in [0.25, 0.3) is 5.91 Å². The first-order valence-electron chi connectivity index (χ1n) is 20.6. The lowest BCUT2D eigenvalue weighted by atomic mass is 9.88. The topological polar surface area (TPSA) is 219 Å². The zero-order chi connectivity index (χ0) is 43.0. The molecule has 60 heavy (non-hydrogen) atoms. The zero-order valence-electron chi connectivity index (χ0n) is 34.5. The normalized spacial score (nSPS) is 28.2. The van der Waals surface area contributed by atoms with Crippen molar-refractivity contribution in [2.75, 3.05) is 6.54 Å². The fourth-order valence-electron chi connectivity index (χ4n) is 8.17. The number of benzene rings is 1. The summed E-state index contributed by atoms with van der Waals surface area (Å²) >= 11 is 0. The lowest BCUT2D eigenvalue weighted by Gasteiger charge is -2.32. The molecule has 2 saturated carbocycles. The van der Waals surface area contributed by atoms with Crippen LogP contribution in [0.1, 0.15) is 79.6 Å². The van der Waals surface area contributed by atoms with Crippen molar-refractivity contribution in [3.05, 3.63) is 67.0 Å². The molecule has 4 heterocycles. The van der Waals surface area contributed by atoms with E-state index in [1.165, 1.54) is 4.90 Å². The Balaban J connectivity index is 1.23. The predicted molar refractivity (Wildman–Crippen MR) is 221 cm³/mol. The average Bonchev–Trinajstić information content (AvgIpc) is 4.08. The molecule has 17 heteroatoms. The minimum Gasteiger partial charge on any atom is -0.491 e. The molecule has 3 aromatic rings. The number of hydrogen-bond donors (Lipinski definition) is 4. The number of hydrogen-bond acceptors (Lipinski definition) is 11. The number of carbonyl (C=O) groups excluding carboxylic acids is 3. The predicted octanol–water partition coefficient (Wildman–Crippen LogP) is 4.86. The fraction of sp³-hybridized carbons (Fsp3) is 0.512. The number of sulfonamides is 1. The lowest BCUT2D eigenvalue weighted by molar-refractivity contribution is -0.142. The van der Waals surface area contributed by atoms with Crippen LogP contribution in [0.15, 0.2) is 67.0 Å². The second-order valence-electron chi connectivity index (χ2n) is 17.2. The van der Waals surface area contributed by atoms with E-state index in [9.17, 15) is 32.7 Å². The van der Waals surface area contributed by atoms with E-state index in [2.05, 4.69) is 25.3 Å². The number of allylic oxidation sites excluding steroid dienone is 1. The monoisotopic (exact) mass is 843 g/mol. The molecule has 7 atom stereocenters. The fourth-order valence-corrected chi connectivity index (χ4v) is 9.48. The summed E-state index contributed by atoms with van der Waals surface area (Å²) in [4.78, 5) is 70.1. The molecule has 320 valence electrons. The van der Waals surface area contributed by atoms with Crippen LogP contribution in [0.2, 0.25) is 0 Å². The highest BCUT2D eigenvalue weighted by Crippen LogP contribution is 2.47. The molecule has 1 unspecified atom stereocenters. The van der Waals surface area contributed by atoms with E-state index in [-0.39, 0.29) is 31.4 Å². The Morgan fingerprint density at radius 2 is 1.72 bits per heavy atom. The standard InChI is InChI=1S/C43H53N7O9S/c1-25(2)58-30-13-11-28(12-14-30)33-20-31(21-34(46-33)37-44-17-8-18-45-37)59-32-22-35-38(51)48-43(40(53)49-60(56,57)42(5)15-16-42)23-29(43)10-7-6-9-26(3)19-27(4)36(47-41(54)55)39(52)50(35)24-32/h7-8,10-14,17-18,20-21,25-27,29,32,35-36,47H,6,9,15-16,19,22-24H2,1-5H3,(H,48,51)(H,49,53)(H,54,55)/b10-7-/t26-,27-,29-,32-,35+,36+,43?/m1/s1. The largest absolute Gasteiger partial charge is 0.491 e. The van der Waals surface area contributed by atoms with E-state index in [1.54, 1.807) is 37.5 Å². The second-order valence-corrected chi connectivity index (χ2v) is 19.4. The molecule has 2 aliphatic carbocycles. The molecule has 3 fully saturated rings. The van der Waals surface area contributed by atoms with Crippen LogP contribution >= 0.6 is 0 Å². The van der Waals surface area contributed by atoms with Crippen molar-refractivity contribution >= 4 is 33.8 Å². The molecule has 0 radical (unpaired) electrons. The Hall–Kier alpha value is -5.58. The molecular weight excluding hydrogens is 791 g/mol. The number of rotatable bonds is 10. The van der Waals surface area contributed by atoms with Crippen molar-refractivity contribution in [2.24, 2.45) is 17.8 Å². The second kappa shape index (κ2) is 16.8. The van der Waals surface area contributed by atoms with Crippen LogP contribution in [-0.4, -0.2) is 98.3 Å². The maximum absolute atomic E-state index is 14.6. The maximum atomic E-state index is 14.6. The minimum absolute atomic E-state index is 0.0126. The van der Waals surface area contributed by atoms with Gasteiger partial charge in [-0.15, -0.1) is 0 Å². The summed E-state index contributed by atoms with van der Waals surface area (Å²) in [5, 5.41) is 15.2. The Kier molecular flexibility index (Phi) is 11.9. The number of nitrogens with zero attached hydrogens (tertiary/aromatic N) is 4. The van der Waals surface area contributed by atoms with E-state index >= 15 is 0 Å². The third kappa shape index (κ3) is 9.25. The molecule has 4 aliphatic rings. The first-order chi connectivity index (χ1) is 28.5. The molecular formula is C43H53N7O9S. The number of amides is 4. The summed E-state index contributed by atoms with van der Waals surface area (Å²) in [5.41, 5.74) is 0.133. The summed E-state index contributed by atoms with van der Waals surface area (Å²) in [5.74, 6) is -1.55. The Labute approximate surface area is 350 Å². The summed E-state index contributed by atoms with van der Waals surface area (Å²) in [6.07, 6.45) is 7.66. The van der Waals surface area contributed by atoms with Crippen molar-refractivity contribution in [2.45, 2.75) is 114 Å². The molecule has 0 spiro atoms. The third-order valence-corrected chi connectivity index (χ3v) is 14.1. The van der Waals surface area contributed by atoms with E-state index < -0.39 is 74.1 Å². The van der Waals surface area contributed by atoms with Crippen molar-refractivity contribution in [1.82, 2.24) is 35.2 Å². The van der Waals surface area contributed by atoms with Gasteiger partial charge in [-0.25, -0.2) is 28.2 Å². The van der Waals surface area contributed by atoms with E-state index in [0.717, 1.165) is 12.0 Å². The van der Waals surface area contributed by atoms with Gasteiger partial charge in [-0.2, -0.15) is 0 Å². The van der Waals surface area contributed by atoms with Gasteiger partial charge >= 0.3 is 6.09 Å². The summed E-state index contributed by atoms with van der Waals surface area (Å²) < 4.78 is 40.1. The highest BCUT2D eigenvalue weighted by Gasteiger charge is 2.63. The number of ether oxygens (including phenoxy) is 2. The van der Waals surface area contributed by atoms with Crippen molar-refractivity contribution in [3.63, 3.8) is 0 Å². The molecule has 1 saturated heterocycles. The van der Waals surface area contributed by atoms with Crippen LogP contribution < -0.4 is 24.8 Å². The van der Waals surface area contributed by atoms with Gasteiger partial charge in [0.15, 0.2) is 5.82 Å². The molecule has 7 rings (SSSR count). The summed E-state index contributed by atoms with van der Waals surface area (Å²) in [6, 6.07) is 10.1. The van der Waals surface area contributed by atoms with Gasteiger partial charge in [-0.3, -0.25) is 19.1 Å². The number of carbonyl (C=O) groups is 4. The molecule has 4 N–H and O–H groups in total. The summed E-state index contributed by atoms with van der Waals surface area (Å²) in [6.45, 7) is 9.20. The lowest BCUT2D eigenvalue weighted by Crippen LogP contribution is -2.59. The highest BCUT2D eigenvalue weighted by molar-refractivity contribution is 7.91. The number of carboxylic acid groups (broad SMARTS) is 1. The molecule has 1 aromatic carbocycles. The van der Waals surface area contributed by atoms with Crippen LogP contribution in [-0.2, 0) is 24.4 Å².